The summed E-state index contributed by atoms with van der Waals surface area (Å²) in [6.45, 7) is 2.10. The smallest absolute Gasteiger partial charge is 0.293 e. The second kappa shape index (κ2) is 7.91. The Bertz CT molecular complexity index is 1130. The molecule has 0 unspecified atom stereocenters. The van der Waals surface area contributed by atoms with Gasteiger partial charge in [-0.05, 0) is 36.2 Å². The number of fused-ring (bicyclic) bond motifs is 1. The zero-order valence-corrected chi connectivity index (χ0v) is 16.5. The standard InChI is InChI=1S/C19H16N4O3S2/c1-2-11-5-6-13-15(8-11)28-19(21-13)22-16(24)9-12-10-27-18(20-12)23-17(25)14-4-3-7-26-14/h3-8,10H,2,9H2,1H3,(H,20,23,25)(H,21,22,24). The monoisotopic (exact) mass is 412 g/mol. The predicted octanol–water partition coefficient (Wildman–Crippen LogP) is 4.34. The molecule has 142 valence electrons. The minimum absolute atomic E-state index is 0.100. The largest absolute Gasteiger partial charge is 0.459 e. The van der Waals surface area contributed by atoms with Gasteiger partial charge in [0, 0.05) is 5.38 Å². The van der Waals surface area contributed by atoms with Gasteiger partial charge in [0.25, 0.3) is 5.91 Å². The quantitative estimate of drug-likeness (QED) is 0.491. The maximum atomic E-state index is 12.3. The van der Waals surface area contributed by atoms with Gasteiger partial charge in [0.1, 0.15) is 0 Å². The average molecular weight is 412 g/mol. The molecule has 28 heavy (non-hydrogen) atoms. The van der Waals surface area contributed by atoms with Gasteiger partial charge in [-0.3, -0.25) is 14.9 Å². The van der Waals surface area contributed by atoms with Crippen molar-refractivity contribution in [2.24, 2.45) is 0 Å². The molecule has 7 nitrogen and oxygen atoms in total. The van der Waals surface area contributed by atoms with Gasteiger partial charge in [0.05, 0.1) is 28.6 Å². The molecule has 0 aliphatic heterocycles. The predicted molar refractivity (Wildman–Crippen MR) is 110 cm³/mol. The molecular formula is C19H16N4O3S2. The summed E-state index contributed by atoms with van der Waals surface area (Å²) >= 11 is 2.70. The van der Waals surface area contributed by atoms with Crippen LogP contribution in [0.5, 0.6) is 0 Å². The van der Waals surface area contributed by atoms with E-state index in [1.165, 1.54) is 34.5 Å². The number of thiazole rings is 2. The maximum absolute atomic E-state index is 12.3. The number of benzene rings is 1. The first-order chi connectivity index (χ1) is 13.6. The van der Waals surface area contributed by atoms with Crippen molar-refractivity contribution in [3.05, 3.63) is 59.0 Å². The van der Waals surface area contributed by atoms with Gasteiger partial charge >= 0.3 is 0 Å². The molecule has 2 amide bonds. The Morgan fingerprint density at radius 2 is 2.04 bits per heavy atom. The lowest BCUT2D eigenvalue weighted by Crippen LogP contribution is -2.15. The van der Waals surface area contributed by atoms with Crippen molar-refractivity contribution in [1.82, 2.24) is 9.97 Å². The molecule has 0 saturated heterocycles. The van der Waals surface area contributed by atoms with Crippen molar-refractivity contribution in [3.63, 3.8) is 0 Å². The van der Waals surface area contributed by atoms with Crippen LogP contribution in [-0.4, -0.2) is 21.8 Å². The van der Waals surface area contributed by atoms with Crippen molar-refractivity contribution < 1.29 is 14.0 Å². The van der Waals surface area contributed by atoms with E-state index >= 15 is 0 Å². The average Bonchev–Trinajstić information content (AvgIpc) is 3.41. The zero-order valence-electron chi connectivity index (χ0n) is 14.9. The van der Waals surface area contributed by atoms with Gasteiger partial charge < -0.3 is 9.73 Å². The molecule has 0 aliphatic rings. The first-order valence-corrected chi connectivity index (χ1v) is 10.3. The molecule has 2 N–H and O–H groups in total. The summed E-state index contributed by atoms with van der Waals surface area (Å²) in [5.74, 6) is -0.378. The van der Waals surface area contributed by atoms with Crippen LogP contribution < -0.4 is 10.6 Å². The van der Waals surface area contributed by atoms with E-state index in [2.05, 4.69) is 33.6 Å². The first-order valence-electron chi connectivity index (χ1n) is 8.59. The fourth-order valence-corrected chi connectivity index (χ4v) is 4.23. The lowest BCUT2D eigenvalue weighted by molar-refractivity contribution is -0.115. The van der Waals surface area contributed by atoms with E-state index in [1.54, 1.807) is 17.5 Å². The molecule has 4 aromatic rings. The normalized spacial score (nSPS) is 10.9. The Morgan fingerprint density at radius 1 is 1.14 bits per heavy atom. The SMILES string of the molecule is CCc1ccc2nc(NC(=O)Cc3csc(NC(=O)c4ccco4)n3)sc2c1. The molecule has 4 rings (SSSR count). The van der Waals surface area contributed by atoms with Crippen molar-refractivity contribution in [1.29, 1.82) is 0 Å². The van der Waals surface area contributed by atoms with Crippen molar-refractivity contribution >= 4 is 55.0 Å². The highest BCUT2D eigenvalue weighted by atomic mass is 32.1. The van der Waals surface area contributed by atoms with Gasteiger partial charge in [-0.15, -0.1) is 11.3 Å². The number of aromatic nitrogens is 2. The summed E-state index contributed by atoms with van der Waals surface area (Å²) in [6.07, 6.45) is 2.49. The number of hydrogen-bond donors (Lipinski definition) is 2. The van der Waals surface area contributed by atoms with Crippen LogP contribution in [0.25, 0.3) is 10.2 Å². The molecule has 0 radical (unpaired) electrons. The van der Waals surface area contributed by atoms with Crippen molar-refractivity contribution in [2.45, 2.75) is 19.8 Å². The lowest BCUT2D eigenvalue weighted by Gasteiger charge is -1.99. The minimum atomic E-state index is -0.378. The second-order valence-corrected chi connectivity index (χ2v) is 7.86. The maximum Gasteiger partial charge on any atom is 0.293 e. The lowest BCUT2D eigenvalue weighted by atomic mass is 10.2. The molecule has 0 bridgehead atoms. The van der Waals surface area contributed by atoms with Crippen LogP contribution in [0.3, 0.4) is 0 Å². The van der Waals surface area contributed by atoms with E-state index in [1.807, 2.05) is 12.1 Å². The summed E-state index contributed by atoms with van der Waals surface area (Å²) in [5, 5.41) is 8.19. The highest BCUT2D eigenvalue weighted by molar-refractivity contribution is 7.22. The Labute approximate surface area is 168 Å². The van der Waals surface area contributed by atoms with Gasteiger partial charge in [-0.1, -0.05) is 24.3 Å². The van der Waals surface area contributed by atoms with E-state index in [4.69, 9.17) is 4.42 Å². The van der Waals surface area contributed by atoms with Crippen LogP contribution in [0.15, 0.2) is 46.4 Å². The third-order valence-electron chi connectivity index (χ3n) is 3.97. The van der Waals surface area contributed by atoms with Crippen LogP contribution in [0.4, 0.5) is 10.3 Å². The van der Waals surface area contributed by atoms with Crippen molar-refractivity contribution in [2.75, 3.05) is 10.6 Å². The topological polar surface area (TPSA) is 97.1 Å². The number of aryl methyl sites for hydroxylation is 1. The number of carbonyl (C=O) groups excluding carboxylic acids is 2. The molecule has 0 spiro atoms. The van der Waals surface area contributed by atoms with Crippen LogP contribution in [-0.2, 0) is 17.6 Å². The molecule has 1 aromatic carbocycles. The second-order valence-electron chi connectivity index (χ2n) is 5.98. The number of furan rings is 1. The van der Waals surface area contributed by atoms with Crippen LogP contribution >= 0.6 is 22.7 Å². The number of carbonyl (C=O) groups is 2. The molecule has 3 aromatic heterocycles. The Hall–Kier alpha value is -3.04. The minimum Gasteiger partial charge on any atom is -0.459 e. The van der Waals surface area contributed by atoms with Gasteiger partial charge in [-0.25, -0.2) is 9.97 Å². The van der Waals surface area contributed by atoms with E-state index in [-0.39, 0.29) is 24.0 Å². The number of nitrogens with one attached hydrogen (secondary N) is 2. The molecule has 9 heteroatoms. The molecule has 3 heterocycles. The van der Waals surface area contributed by atoms with E-state index in [0.717, 1.165) is 16.6 Å². The van der Waals surface area contributed by atoms with Crippen LogP contribution in [0.1, 0.15) is 28.7 Å². The summed E-state index contributed by atoms with van der Waals surface area (Å²) < 4.78 is 6.09. The Morgan fingerprint density at radius 3 is 2.82 bits per heavy atom. The summed E-state index contributed by atoms with van der Waals surface area (Å²) in [6, 6.07) is 9.31. The number of anilines is 2. The van der Waals surface area contributed by atoms with Crippen molar-refractivity contribution in [3.8, 4) is 0 Å². The Kier molecular flexibility index (Phi) is 5.18. The van der Waals surface area contributed by atoms with E-state index < -0.39 is 0 Å². The number of amides is 2. The summed E-state index contributed by atoms with van der Waals surface area (Å²) in [5.41, 5.74) is 2.68. The molecule has 0 saturated carbocycles. The summed E-state index contributed by atoms with van der Waals surface area (Å²) in [7, 11) is 0. The molecular weight excluding hydrogens is 396 g/mol. The van der Waals surface area contributed by atoms with Crippen LogP contribution in [0.2, 0.25) is 0 Å². The third-order valence-corrected chi connectivity index (χ3v) is 5.71. The number of rotatable bonds is 6. The molecule has 0 aliphatic carbocycles. The highest BCUT2D eigenvalue weighted by Crippen LogP contribution is 2.27. The molecule has 0 atom stereocenters. The number of nitrogens with zero attached hydrogens (tertiary/aromatic N) is 2. The van der Waals surface area contributed by atoms with Gasteiger partial charge in [0.15, 0.2) is 16.0 Å². The van der Waals surface area contributed by atoms with Crippen LogP contribution in [0, 0.1) is 0 Å². The zero-order chi connectivity index (χ0) is 19.5. The Balaban J connectivity index is 1.37. The van der Waals surface area contributed by atoms with Gasteiger partial charge in [-0.2, -0.15) is 0 Å². The fraction of sp³-hybridized carbons (Fsp3) is 0.158. The van der Waals surface area contributed by atoms with Gasteiger partial charge in [0.2, 0.25) is 5.91 Å². The molecule has 0 fully saturated rings. The number of hydrogen-bond acceptors (Lipinski definition) is 7. The third kappa shape index (κ3) is 4.10. The first kappa shape index (κ1) is 18.3. The van der Waals surface area contributed by atoms with E-state index in [9.17, 15) is 9.59 Å². The van der Waals surface area contributed by atoms with E-state index in [0.29, 0.717) is 16.0 Å². The summed E-state index contributed by atoms with van der Waals surface area (Å²) in [4.78, 5) is 33.0. The highest BCUT2D eigenvalue weighted by Gasteiger charge is 2.14. The fourth-order valence-electron chi connectivity index (χ4n) is 2.58.